The van der Waals surface area contributed by atoms with Gasteiger partial charge in [0.25, 0.3) is 0 Å². The third-order valence-electron chi connectivity index (χ3n) is 4.33. The number of benzene rings is 2. The van der Waals surface area contributed by atoms with Crippen LogP contribution >= 0.6 is 0 Å². The maximum absolute atomic E-state index is 13.2. The fourth-order valence-corrected chi connectivity index (χ4v) is 2.81. The summed E-state index contributed by atoms with van der Waals surface area (Å²) in [5.41, 5.74) is -1.17. The van der Waals surface area contributed by atoms with Crippen LogP contribution in [-0.2, 0) is 31.7 Å². The minimum absolute atomic E-state index is 0.0315. The Balaban J connectivity index is 2.11. The number of carbonyl (C=O) groups excluding carboxylic acids is 3. The first-order chi connectivity index (χ1) is 14.9. The second-order valence-electron chi connectivity index (χ2n) is 6.83. The highest BCUT2D eigenvalue weighted by molar-refractivity contribution is 5.91. The average Bonchev–Trinajstić information content (AvgIpc) is 2.69. The summed E-state index contributed by atoms with van der Waals surface area (Å²) in [5.74, 6) is -4.41. The Bertz CT molecular complexity index is 990. The first-order valence-corrected chi connectivity index (χ1v) is 9.20. The number of hydrogen-bond acceptors (Lipinski definition) is 4. The molecule has 2 rings (SSSR count). The van der Waals surface area contributed by atoms with Crippen molar-refractivity contribution in [2.75, 3.05) is 7.11 Å². The van der Waals surface area contributed by atoms with Crippen LogP contribution in [0.5, 0.6) is 0 Å². The molecule has 2 atom stereocenters. The summed E-state index contributed by atoms with van der Waals surface area (Å²) in [7, 11) is 0.998. The molecular weight excluding hydrogens is 439 g/mol. The van der Waals surface area contributed by atoms with Crippen molar-refractivity contribution in [2.24, 2.45) is 0 Å². The van der Waals surface area contributed by atoms with Gasteiger partial charge in [0, 0.05) is 6.07 Å². The first kappa shape index (κ1) is 24.8. The minimum Gasteiger partial charge on any atom is -0.467 e. The van der Waals surface area contributed by atoms with E-state index in [9.17, 15) is 36.3 Å². The van der Waals surface area contributed by atoms with Crippen molar-refractivity contribution in [3.8, 4) is 0 Å². The summed E-state index contributed by atoms with van der Waals surface area (Å²) in [5, 5.41) is 4.52. The molecule has 0 radical (unpaired) electrons. The molecule has 0 heterocycles. The Kier molecular flexibility index (Phi) is 7.90. The van der Waals surface area contributed by atoms with Crippen LogP contribution in [-0.4, -0.2) is 30.9 Å². The predicted octanol–water partition coefficient (Wildman–Crippen LogP) is 3.06. The molecule has 1 unspecified atom stereocenters. The van der Waals surface area contributed by atoms with Crippen molar-refractivity contribution in [1.82, 2.24) is 10.6 Å². The molecule has 0 saturated carbocycles. The van der Waals surface area contributed by atoms with Crippen molar-refractivity contribution in [3.05, 3.63) is 70.8 Å². The van der Waals surface area contributed by atoms with Crippen LogP contribution in [0.15, 0.2) is 42.5 Å². The van der Waals surface area contributed by atoms with Crippen LogP contribution in [0.3, 0.4) is 0 Å². The molecule has 2 aromatic carbocycles. The number of rotatable bonds is 7. The van der Waals surface area contributed by atoms with Gasteiger partial charge in [0.05, 0.1) is 19.1 Å². The molecule has 0 aliphatic carbocycles. The van der Waals surface area contributed by atoms with E-state index >= 15 is 0 Å². The zero-order chi connectivity index (χ0) is 24.1. The summed E-state index contributed by atoms with van der Waals surface area (Å²) in [4.78, 5) is 36.6. The van der Waals surface area contributed by atoms with E-state index in [0.717, 1.165) is 31.4 Å². The van der Waals surface area contributed by atoms with E-state index in [2.05, 4.69) is 15.4 Å². The molecule has 0 saturated heterocycles. The number of hydrogen-bond donors (Lipinski definition) is 2. The van der Waals surface area contributed by atoms with Crippen molar-refractivity contribution in [1.29, 1.82) is 0 Å². The highest BCUT2D eigenvalue weighted by Crippen LogP contribution is 2.31. The monoisotopic (exact) mass is 458 g/mol. The van der Waals surface area contributed by atoms with Crippen LogP contribution < -0.4 is 10.6 Å². The van der Waals surface area contributed by atoms with Gasteiger partial charge in [-0.1, -0.05) is 12.1 Å². The van der Waals surface area contributed by atoms with Crippen molar-refractivity contribution < 1.29 is 41.1 Å². The molecule has 0 bridgehead atoms. The van der Waals surface area contributed by atoms with E-state index < -0.39 is 59.7 Å². The largest absolute Gasteiger partial charge is 0.467 e. The quantitative estimate of drug-likeness (QED) is 0.494. The Morgan fingerprint density at radius 2 is 1.62 bits per heavy atom. The summed E-state index contributed by atoms with van der Waals surface area (Å²) in [6.45, 7) is 1.26. The molecule has 32 heavy (non-hydrogen) atoms. The summed E-state index contributed by atoms with van der Waals surface area (Å²) in [6, 6.07) is 3.54. The van der Waals surface area contributed by atoms with Gasteiger partial charge >= 0.3 is 12.1 Å². The molecule has 0 aromatic heterocycles. The standard InChI is InChI=1S/C21H19F5N2O4/c1-11(27-17(29)8-12-6-15(22)10-16(23)7-12)19(30)28-18(20(31)32-2)13-4-3-5-14(9-13)21(24,25)26/h3-7,9-11,18H,8H2,1-2H3,(H,27,29)(H,28,30)/t11-,18?/m0/s1. The number of esters is 1. The van der Waals surface area contributed by atoms with Crippen LogP contribution in [0.1, 0.15) is 29.7 Å². The third kappa shape index (κ3) is 6.76. The number of methoxy groups -OCH3 is 1. The van der Waals surface area contributed by atoms with Crippen molar-refractivity contribution >= 4 is 17.8 Å². The maximum Gasteiger partial charge on any atom is 0.416 e. The molecule has 0 aliphatic heterocycles. The second kappa shape index (κ2) is 10.2. The molecule has 0 aliphatic rings. The Hall–Kier alpha value is -3.50. The first-order valence-electron chi connectivity index (χ1n) is 9.20. The number of ether oxygens (including phenoxy) is 1. The Morgan fingerprint density at radius 3 is 2.19 bits per heavy atom. The fraction of sp³-hybridized carbons (Fsp3) is 0.286. The average molecular weight is 458 g/mol. The minimum atomic E-state index is -4.67. The molecule has 0 fully saturated rings. The fourth-order valence-electron chi connectivity index (χ4n) is 2.81. The molecule has 172 valence electrons. The molecule has 2 N–H and O–H groups in total. The van der Waals surface area contributed by atoms with Gasteiger partial charge in [0.2, 0.25) is 11.8 Å². The van der Waals surface area contributed by atoms with Crippen molar-refractivity contribution in [2.45, 2.75) is 31.6 Å². The molecular formula is C21H19F5N2O4. The Morgan fingerprint density at radius 1 is 1.00 bits per heavy atom. The number of amides is 2. The smallest absolute Gasteiger partial charge is 0.416 e. The SMILES string of the molecule is COC(=O)C(NC(=O)[C@H](C)NC(=O)Cc1cc(F)cc(F)c1)c1cccc(C(F)(F)F)c1. The zero-order valence-electron chi connectivity index (χ0n) is 16.9. The van der Waals surface area contributed by atoms with Gasteiger partial charge in [-0.05, 0) is 42.3 Å². The summed E-state index contributed by atoms with van der Waals surface area (Å²) >= 11 is 0. The zero-order valence-corrected chi connectivity index (χ0v) is 16.9. The summed E-state index contributed by atoms with van der Waals surface area (Å²) < 4.78 is 70.0. The van der Waals surface area contributed by atoms with E-state index in [4.69, 9.17) is 0 Å². The predicted molar refractivity (Wildman–Crippen MR) is 102 cm³/mol. The van der Waals surface area contributed by atoms with E-state index in [1.165, 1.54) is 13.0 Å². The lowest BCUT2D eigenvalue weighted by Gasteiger charge is -2.21. The number of carbonyl (C=O) groups is 3. The molecule has 6 nitrogen and oxygen atoms in total. The van der Waals surface area contributed by atoms with Gasteiger partial charge in [-0.25, -0.2) is 13.6 Å². The lowest BCUT2D eigenvalue weighted by molar-refractivity contribution is -0.145. The van der Waals surface area contributed by atoms with E-state index in [1.54, 1.807) is 0 Å². The van der Waals surface area contributed by atoms with Gasteiger partial charge in [0.15, 0.2) is 6.04 Å². The third-order valence-corrected chi connectivity index (χ3v) is 4.33. The van der Waals surface area contributed by atoms with Crippen LogP contribution in [0.4, 0.5) is 22.0 Å². The van der Waals surface area contributed by atoms with Gasteiger partial charge in [-0.2, -0.15) is 13.2 Å². The highest BCUT2D eigenvalue weighted by atomic mass is 19.4. The van der Waals surface area contributed by atoms with Gasteiger partial charge in [-0.3, -0.25) is 9.59 Å². The lowest BCUT2D eigenvalue weighted by atomic mass is 10.0. The molecule has 0 spiro atoms. The van der Waals surface area contributed by atoms with Gasteiger partial charge in [0.1, 0.15) is 17.7 Å². The number of alkyl halides is 3. The van der Waals surface area contributed by atoms with Crippen LogP contribution in [0.25, 0.3) is 0 Å². The van der Waals surface area contributed by atoms with Crippen LogP contribution in [0, 0.1) is 11.6 Å². The molecule has 11 heteroatoms. The highest BCUT2D eigenvalue weighted by Gasteiger charge is 2.33. The van der Waals surface area contributed by atoms with Gasteiger partial charge in [-0.15, -0.1) is 0 Å². The lowest BCUT2D eigenvalue weighted by Crippen LogP contribution is -2.47. The summed E-state index contributed by atoms with van der Waals surface area (Å²) in [6.07, 6.45) is -5.10. The van der Waals surface area contributed by atoms with E-state index in [1.807, 2.05) is 0 Å². The molecule has 2 aromatic rings. The van der Waals surface area contributed by atoms with E-state index in [0.29, 0.717) is 12.1 Å². The van der Waals surface area contributed by atoms with E-state index in [-0.39, 0.29) is 11.1 Å². The topological polar surface area (TPSA) is 84.5 Å². The normalized spacial score (nSPS) is 13.1. The number of halogens is 5. The maximum atomic E-state index is 13.2. The number of nitrogens with one attached hydrogen (secondary N) is 2. The second-order valence-corrected chi connectivity index (χ2v) is 6.83. The van der Waals surface area contributed by atoms with Crippen LogP contribution in [0.2, 0.25) is 0 Å². The Labute approximate surface area is 179 Å². The molecule has 2 amide bonds. The van der Waals surface area contributed by atoms with Gasteiger partial charge < -0.3 is 15.4 Å². The van der Waals surface area contributed by atoms with Crippen molar-refractivity contribution in [3.63, 3.8) is 0 Å².